The molecule has 0 fully saturated rings. The van der Waals surface area contributed by atoms with Crippen molar-refractivity contribution in [3.63, 3.8) is 0 Å². The first-order chi connectivity index (χ1) is 8.27. The number of ether oxygens (including phenoxy) is 1. The van der Waals surface area contributed by atoms with E-state index in [1.54, 1.807) is 6.92 Å². The Morgan fingerprint density at radius 3 is 3.00 bits per heavy atom. The smallest absolute Gasteiger partial charge is 0.305 e. The molecule has 6 heteroatoms. The number of hydrogen-bond donors (Lipinski definition) is 1. The Kier molecular flexibility index (Phi) is 5.44. The van der Waals surface area contributed by atoms with Gasteiger partial charge in [0, 0.05) is 25.4 Å². The number of anilines is 1. The number of nitriles is 1. The molecule has 0 spiro atoms. The summed E-state index contributed by atoms with van der Waals surface area (Å²) < 4.78 is 4.79. The fourth-order valence-electron chi connectivity index (χ4n) is 1.22. The number of rotatable bonds is 6. The van der Waals surface area contributed by atoms with E-state index in [1.165, 1.54) is 12.4 Å². The Labute approximate surface area is 99.6 Å². The standard InChI is InChI=1S/C11H14N4O2/c1-2-17-10(16)4-3-5-14-11-9(8-12)13-6-7-15-11/h6-7H,2-5H2,1H3,(H,14,15). The first kappa shape index (κ1) is 12.9. The number of nitrogens with zero attached hydrogens (tertiary/aromatic N) is 3. The first-order valence-electron chi connectivity index (χ1n) is 5.38. The van der Waals surface area contributed by atoms with Gasteiger partial charge in [0.1, 0.15) is 6.07 Å². The molecule has 0 amide bonds. The van der Waals surface area contributed by atoms with Gasteiger partial charge in [-0.2, -0.15) is 5.26 Å². The van der Waals surface area contributed by atoms with Crippen LogP contribution in [0.1, 0.15) is 25.5 Å². The second-order valence-corrected chi connectivity index (χ2v) is 3.20. The number of carbonyl (C=O) groups excluding carboxylic acids is 1. The molecule has 0 aliphatic heterocycles. The summed E-state index contributed by atoms with van der Waals surface area (Å²) in [6.07, 6.45) is 3.94. The van der Waals surface area contributed by atoms with Gasteiger partial charge in [0.2, 0.25) is 0 Å². The van der Waals surface area contributed by atoms with Crippen molar-refractivity contribution in [1.82, 2.24) is 9.97 Å². The molecule has 1 rings (SSSR count). The van der Waals surface area contributed by atoms with Crippen molar-refractivity contribution in [2.75, 3.05) is 18.5 Å². The van der Waals surface area contributed by atoms with Crippen LogP contribution in [0.3, 0.4) is 0 Å². The highest BCUT2D eigenvalue weighted by molar-refractivity contribution is 5.69. The van der Waals surface area contributed by atoms with Gasteiger partial charge in [-0.1, -0.05) is 0 Å². The molecule has 1 N–H and O–H groups in total. The van der Waals surface area contributed by atoms with Crippen molar-refractivity contribution in [2.45, 2.75) is 19.8 Å². The molecule has 0 unspecified atom stereocenters. The lowest BCUT2D eigenvalue weighted by atomic mass is 10.3. The van der Waals surface area contributed by atoms with Gasteiger partial charge >= 0.3 is 5.97 Å². The molecule has 0 aliphatic carbocycles. The first-order valence-corrected chi connectivity index (χ1v) is 5.38. The van der Waals surface area contributed by atoms with Gasteiger partial charge in [-0.3, -0.25) is 4.79 Å². The monoisotopic (exact) mass is 234 g/mol. The number of nitrogens with one attached hydrogen (secondary N) is 1. The van der Waals surface area contributed by atoms with E-state index in [1.807, 2.05) is 6.07 Å². The van der Waals surface area contributed by atoms with E-state index in [0.29, 0.717) is 31.8 Å². The lowest BCUT2D eigenvalue weighted by molar-refractivity contribution is -0.143. The predicted octanol–water partition coefficient (Wildman–Crippen LogP) is 1.10. The van der Waals surface area contributed by atoms with Crippen LogP contribution in [0.15, 0.2) is 12.4 Å². The molecular weight excluding hydrogens is 220 g/mol. The molecule has 0 saturated heterocycles. The summed E-state index contributed by atoms with van der Waals surface area (Å²) in [5.74, 6) is 0.229. The molecule has 0 radical (unpaired) electrons. The molecule has 0 aliphatic rings. The molecule has 0 saturated carbocycles. The second-order valence-electron chi connectivity index (χ2n) is 3.20. The average molecular weight is 234 g/mol. The molecule has 1 aromatic heterocycles. The summed E-state index contributed by atoms with van der Waals surface area (Å²) in [6, 6.07) is 1.94. The van der Waals surface area contributed by atoms with E-state index in [-0.39, 0.29) is 11.7 Å². The quantitative estimate of drug-likeness (QED) is 0.585. The van der Waals surface area contributed by atoms with Gasteiger partial charge in [-0.25, -0.2) is 9.97 Å². The lowest BCUT2D eigenvalue weighted by Gasteiger charge is -2.05. The normalized spacial score (nSPS) is 9.41. The van der Waals surface area contributed by atoms with Crippen LogP contribution in [0.25, 0.3) is 0 Å². The summed E-state index contributed by atoms with van der Waals surface area (Å²) >= 11 is 0. The molecule has 1 aromatic rings. The van der Waals surface area contributed by atoms with E-state index in [9.17, 15) is 4.79 Å². The van der Waals surface area contributed by atoms with E-state index in [4.69, 9.17) is 10.00 Å². The third-order valence-electron chi connectivity index (χ3n) is 1.96. The highest BCUT2D eigenvalue weighted by Crippen LogP contribution is 2.06. The minimum atomic E-state index is -0.214. The van der Waals surface area contributed by atoms with Crippen molar-refractivity contribution in [2.24, 2.45) is 0 Å². The zero-order valence-corrected chi connectivity index (χ0v) is 9.64. The van der Waals surface area contributed by atoms with Gasteiger partial charge in [-0.15, -0.1) is 0 Å². The third-order valence-corrected chi connectivity index (χ3v) is 1.96. The average Bonchev–Trinajstić information content (AvgIpc) is 2.35. The predicted molar refractivity (Wildman–Crippen MR) is 61.1 cm³/mol. The third kappa shape index (κ3) is 4.47. The Hall–Kier alpha value is -2.16. The Balaban J connectivity index is 2.32. The molecule has 90 valence electrons. The van der Waals surface area contributed by atoms with E-state index in [0.717, 1.165) is 0 Å². The zero-order valence-electron chi connectivity index (χ0n) is 9.64. The van der Waals surface area contributed by atoms with Crippen molar-refractivity contribution < 1.29 is 9.53 Å². The topological polar surface area (TPSA) is 87.9 Å². The molecule has 0 atom stereocenters. The largest absolute Gasteiger partial charge is 0.466 e. The highest BCUT2D eigenvalue weighted by atomic mass is 16.5. The second kappa shape index (κ2) is 7.17. The number of hydrogen-bond acceptors (Lipinski definition) is 6. The fraction of sp³-hybridized carbons (Fsp3) is 0.455. The van der Waals surface area contributed by atoms with Crippen LogP contribution >= 0.6 is 0 Å². The van der Waals surface area contributed by atoms with E-state index < -0.39 is 0 Å². The minimum Gasteiger partial charge on any atom is -0.466 e. The summed E-state index contributed by atoms with van der Waals surface area (Å²) in [5, 5.41) is 11.7. The lowest BCUT2D eigenvalue weighted by Crippen LogP contribution is -2.10. The number of carbonyl (C=O) groups is 1. The van der Waals surface area contributed by atoms with Crippen LogP contribution in [0.2, 0.25) is 0 Å². The van der Waals surface area contributed by atoms with Gasteiger partial charge in [-0.05, 0) is 13.3 Å². The Morgan fingerprint density at radius 1 is 1.53 bits per heavy atom. The highest BCUT2D eigenvalue weighted by Gasteiger charge is 2.04. The van der Waals surface area contributed by atoms with Crippen LogP contribution in [0.5, 0.6) is 0 Å². The Bertz CT molecular complexity index is 414. The fourth-order valence-corrected chi connectivity index (χ4v) is 1.22. The summed E-state index contributed by atoms with van der Waals surface area (Å²) in [6.45, 7) is 2.72. The van der Waals surface area contributed by atoms with Gasteiger partial charge in [0.25, 0.3) is 0 Å². The van der Waals surface area contributed by atoms with Crippen LogP contribution < -0.4 is 5.32 Å². The van der Waals surface area contributed by atoms with Gasteiger partial charge in [0.15, 0.2) is 11.5 Å². The van der Waals surface area contributed by atoms with Crippen LogP contribution in [-0.4, -0.2) is 29.1 Å². The molecule has 0 aromatic carbocycles. The van der Waals surface area contributed by atoms with Crippen molar-refractivity contribution in [3.05, 3.63) is 18.1 Å². The van der Waals surface area contributed by atoms with Crippen molar-refractivity contribution in [3.8, 4) is 6.07 Å². The molecule has 0 bridgehead atoms. The molecule has 6 nitrogen and oxygen atoms in total. The van der Waals surface area contributed by atoms with Gasteiger partial charge in [0.05, 0.1) is 6.61 Å². The maximum absolute atomic E-state index is 11.0. The maximum Gasteiger partial charge on any atom is 0.305 e. The van der Waals surface area contributed by atoms with E-state index >= 15 is 0 Å². The molecular formula is C11H14N4O2. The van der Waals surface area contributed by atoms with Crippen LogP contribution in [0, 0.1) is 11.3 Å². The van der Waals surface area contributed by atoms with E-state index in [2.05, 4.69) is 15.3 Å². The Morgan fingerprint density at radius 2 is 2.29 bits per heavy atom. The number of aromatic nitrogens is 2. The van der Waals surface area contributed by atoms with Crippen molar-refractivity contribution in [1.29, 1.82) is 5.26 Å². The SMILES string of the molecule is CCOC(=O)CCCNc1nccnc1C#N. The van der Waals surface area contributed by atoms with Crippen molar-refractivity contribution >= 4 is 11.8 Å². The summed E-state index contributed by atoms with van der Waals surface area (Å²) in [5.41, 5.74) is 0.253. The maximum atomic E-state index is 11.0. The number of esters is 1. The molecule has 1 heterocycles. The summed E-state index contributed by atoms with van der Waals surface area (Å²) in [7, 11) is 0. The molecule has 17 heavy (non-hydrogen) atoms. The van der Waals surface area contributed by atoms with Crippen LogP contribution in [0.4, 0.5) is 5.82 Å². The zero-order chi connectivity index (χ0) is 12.5. The minimum absolute atomic E-state index is 0.214. The van der Waals surface area contributed by atoms with Crippen LogP contribution in [-0.2, 0) is 9.53 Å². The summed E-state index contributed by atoms with van der Waals surface area (Å²) in [4.78, 5) is 18.9. The van der Waals surface area contributed by atoms with Gasteiger partial charge < -0.3 is 10.1 Å².